The molecule has 0 aliphatic rings. The average molecular weight is 333 g/mol. The zero-order valence-corrected chi connectivity index (χ0v) is 13.0. The molecule has 0 heterocycles. The number of hydrogen-bond acceptors (Lipinski definition) is 6. The monoisotopic (exact) mass is 333 g/mol. The standard InChI is InChI=1S/C13H15NO3.FHO3S/c1-10(15)12(13(16)17-3)14(2)9-11-7-5-4-6-8-11;1-5(2,3)4/h4-9H,1-3H3;(H,2,3,4). The van der Waals surface area contributed by atoms with Crippen LogP contribution in [0.2, 0.25) is 0 Å². The van der Waals surface area contributed by atoms with E-state index in [0.29, 0.717) is 0 Å². The van der Waals surface area contributed by atoms with Crippen LogP contribution in [-0.2, 0) is 20.0 Å². The maximum Gasteiger partial charge on any atom is 0.407 e. The van der Waals surface area contributed by atoms with Crippen molar-refractivity contribution in [2.75, 3.05) is 14.2 Å². The number of methoxy groups -OCH3 is 1. The van der Waals surface area contributed by atoms with Crippen LogP contribution in [0.5, 0.6) is 0 Å². The van der Waals surface area contributed by atoms with Gasteiger partial charge in [-0.15, -0.1) is 3.89 Å². The van der Waals surface area contributed by atoms with Crippen LogP contribution in [0.4, 0.5) is 3.89 Å². The van der Waals surface area contributed by atoms with E-state index < -0.39 is 16.5 Å². The van der Waals surface area contributed by atoms with E-state index in [0.717, 1.165) is 5.56 Å². The summed E-state index contributed by atoms with van der Waals surface area (Å²) in [5, 5.41) is 9.48. The summed E-state index contributed by atoms with van der Waals surface area (Å²) < 4.78 is 41.5. The number of carbonyl (C=O) groups is 1. The Morgan fingerprint density at radius 2 is 1.82 bits per heavy atom. The first-order chi connectivity index (χ1) is 10.1. The average Bonchev–Trinajstić information content (AvgIpc) is 2.37. The van der Waals surface area contributed by atoms with Crippen molar-refractivity contribution in [1.29, 1.82) is 0 Å². The van der Waals surface area contributed by atoms with Gasteiger partial charge in [0.15, 0.2) is 12.0 Å². The minimum Gasteiger partial charge on any atom is -0.722 e. The van der Waals surface area contributed by atoms with Crippen LogP contribution in [0.3, 0.4) is 0 Å². The van der Waals surface area contributed by atoms with Gasteiger partial charge in [0.05, 0.1) is 7.11 Å². The van der Waals surface area contributed by atoms with E-state index in [1.807, 2.05) is 30.3 Å². The molecule has 122 valence electrons. The smallest absolute Gasteiger partial charge is 0.407 e. The fraction of sp³-hybridized carbons (Fsp3) is 0.231. The molecule has 0 aliphatic heterocycles. The summed E-state index contributed by atoms with van der Waals surface area (Å²) in [6.07, 6.45) is 1.74. The van der Waals surface area contributed by atoms with Crippen LogP contribution in [0.15, 0.2) is 41.8 Å². The predicted octanol–water partition coefficient (Wildman–Crippen LogP) is 1.13. The van der Waals surface area contributed by atoms with Gasteiger partial charge in [-0.3, -0.25) is 0 Å². The van der Waals surface area contributed by atoms with E-state index in [1.165, 1.54) is 18.6 Å². The lowest BCUT2D eigenvalue weighted by Crippen LogP contribution is -2.19. The largest absolute Gasteiger partial charge is 0.722 e. The molecule has 1 aromatic carbocycles. The highest BCUT2D eigenvalue weighted by Crippen LogP contribution is 2.05. The number of carbonyl (C=O) groups excluding carboxylic acids is 1. The summed E-state index contributed by atoms with van der Waals surface area (Å²) in [5.41, 5.74) is 1.05. The van der Waals surface area contributed by atoms with Gasteiger partial charge in [-0.25, -0.2) is 13.2 Å². The Hall–Kier alpha value is -2.26. The highest BCUT2D eigenvalue weighted by Gasteiger charge is 2.23. The van der Waals surface area contributed by atoms with Gasteiger partial charge < -0.3 is 14.4 Å². The lowest BCUT2D eigenvalue weighted by molar-refractivity contribution is -0.437. The summed E-state index contributed by atoms with van der Waals surface area (Å²) >= 11 is 0. The summed E-state index contributed by atoms with van der Waals surface area (Å²) in [7, 11) is -2.46. The molecule has 0 unspecified atom stereocenters. The molecule has 0 amide bonds. The molecule has 0 radical (unpaired) electrons. The first-order valence-corrected chi connectivity index (χ1v) is 7.13. The fourth-order valence-electron chi connectivity index (χ4n) is 1.47. The number of likely N-dealkylation sites (N-methyl/N-ethyl adjacent to an activating group) is 1. The lowest BCUT2D eigenvalue weighted by Gasteiger charge is -2.01. The minimum atomic E-state index is -5.42. The zero-order chi connectivity index (χ0) is 17.3. The van der Waals surface area contributed by atoms with Crippen molar-refractivity contribution in [2.24, 2.45) is 0 Å². The van der Waals surface area contributed by atoms with E-state index in [-0.39, 0.29) is 11.5 Å². The molecule has 0 aliphatic carbocycles. The normalized spacial score (nSPS) is 12.7. The Labute approximate surface area is 128 Å². The van der Waals surface area contributed by atoms with Crippen LogP contribution < -0.4 is 0 Å². The van der Waals surface area contributed by atoms with E-state index in [1.54, 1.807) is 13.3 Å². The van der Waals surface area contributed by atoms with Gasteiger partial charge in [0, 0.05) is 12.5 Å². The quantitative estimate of drug-likeness (QED) is 0.169. The number of rotatable bonds is 3. The number of aliphatic hydroxyl groups excluding tert-OH is 1. The van der Waals surface area contributed by atoms with Gasteiger partial charge in [0.1, 0.15) is 7.05 Å². The molecule has 0 saturated carbocycles. The van der Waals surface area contributed by atoms with Gasteiger partial charge >= 0.3 is 11.7 Å². The molecule has 0 aromatic heterocycles. The highest BCUT2D eigenvalue weighted by molar-refractivity contribution is 7.80. The molecular formula is C13H16FNO6S. The molecule has 9 heteroatoms. The molecule has 0 bridgehead atoms. The van der Waals surface area contributed by atoms with Gasteiger partial charge in [0.2, 0.25) is 0 Å². The molecule has 1 aromatic rings. The second-order valence-corrected chi connectivity index (χ2v) is 4.76. The van der Waals surface area contributed by atoms with E-state index >= 15 is 0 Å². The number of aliphatic hydroxyl groups is 1. The molecule has 0 atom stereocenters. The third-order valence-electron chi connectivity index (χ3n) is 2.22. The van der Waals surface area contributed by atoms with Gasteiger partial charge in [-0.2, -0.15) is 4.58 Å². The summed E-state index contributed by atoms with van der Waals surface area (Å²) in [6.45, 7) is 1.45. The van der Waals surface area contributed by atoms with Crippen molar-refractivity contribution in [3.63, 3.8) is 0 Å². The van der Waals surface area contributed by atoms with Crippen LogP contribution in [0.25, 0.3) is 0 Å². The van der Waals surface area contributed by atoms with Crippen LogP contribution in [0, 0.1) is 0 Å². The number of hydrogen-bond donors (Lipinski definition) is 1. The number of nitrogens with zero attached hydrogens (tertiary/aromatic N) is 1. The Morgan fingerprint density at radius 1 is 1.36 bits per heavy atom. The first-order valence-electron chi connectivity index (χ1n) is 5.82. The Bertz CT molecular complexity index is 655. The van der Waals surface area contributed by atoms with Gasteiger partial charge in [0.25, 0.3) is 10.5 Å². The highest BCUT2D eigenvalue weighted by atomic mass is 32.3. The van der Waals surface area contributed by atoms with Gasteiger partial charge in [-0.05, 0) is 12.1 Å². The van der Waals surface area contributed by atoms with Crippen molar-refractivity contribution >= 4 is 22.7 Å². The van der Waals surface area contributed by atoms with E-state index in [2.05, 4.69) is 4.74 Å². The van der Waals surface area contributed by atoms with Crippen LogP contribution in [0.1, 0.15) is 12.5 Å². The van der Waals surface area contributed by atoms with Crippen molar-refractivity contribution in [3.8, 4) is 0 Å². The molecule has 0 saturated heterocycles. The Balaban J connectivity index is 0.000000763. The van der Waals surface area contributed by atoms with Crippen molar-refractivity contribution in [1.82, 2.24) is 0 Å². The second kappa shape index (κ2) is 8.90. The maximum atomic E-state index is 11.5. The maximum absolute atomic E-state index is 11.5. The minimum absolute atomic E-state index is 0.0773. The van der Waals surface area contributed by atoms with Crippen molar-refractivity contribution in [2.45, 2.75) is 6.92 Å². The third-order valence-corrected chi connectivity index (χ3v) is 2.22. The molecule has 1 rings (SSSR count). The summed E-state index contributed by atoms with van der Waals surface area (Å²) in [5.74, 6) is -0.647. The molecule has 0 fully saturated rings. The first kappa shape index (κ1) is 19.7. The number of halogens is 1. The zero-order valence-electron chi connectivity index (χ0n) is 12.2. The molecule has 7 nitrogen and oxygen atoms in total. The third kappa shape index (κ3) is 8.82. The molecule has 22 heavy (non-hydrogen) atoms. The number of ether oxygens (including phenoxy) is 1. The van der Waals surface area contributed by atoms with Crippen LogP contribution >= 0.6 is 0 Å². The van der Waals surface area contributed by atoms with Crippen molar-refractivity contribution in [3.05, 3.63) is 47.4 Å². The number of benzene rings is 1. The SMILES string of the molecule is COC(=O)/C(=C(\C)O)[N+](C)=Cc1ccccc1.O=S(=O)([O-])F. The predicted molar refractivity (Wildman–Crippen MR) is 75.9 cm³/mol. The van der Waals surface area contributed by atoms with E-state index in [9.17, 15) is 13.8 Å². The van der Waals surface area contributed by atoms with Crippen molar-refractivity contribution < 1.29 is 36.1 Å². The fourth-order valence-corrected chi connectivity index (χ4v) is 1.47. The number of allylic oxidation sites excluding steroid dienone is 1. The molecule has 0 spiro atoms. The molecular weight excluding hydrogens is 317 g/mol. The van der Waals surface area contributed by atoms with E-state index in [4.69, 9.17) is 13.0 Å². The molecule has 1 N–H and O–H groups in total. The summed E-state index contributed by atoms with van der Waals surface area (Å²) in [4.78, 5) is 11.5. The van der Waals surface area contributed by atoms with Crippen LogP contribution in [-0.4, -0.2) is 49.0 Å². The Morgan fingerprint density at radius 3 is 2.18 bits per heavy atom. The van der Waals surface area contributed by atoms with Gasteiger partial charge in [-0.1, -0.05) is 18.2 Å². The number of esters is 1. The lowest BCUT2D eigenvalue weighted by atomic mass is 10.2. The summed E-state index contributed by atoms with van der Waals surface area (Å²) in [6, 6.07) is 9.50. The second-order valence-electron chi connectivity index (χ2n) is 3.97. The topological polar surface area (TPSA) is 107 Å². The Kier molecular flexibility index (Phi) is 7.99.